The first-order valence-corrected chi connectivity index (χ1v) is 18.3. The molecule has 6 N–H and O–H groups in total. The van der Waals surface area contributed by atoms with Crippen molar-refractivity contribution in [2.75, 3.05) is 19.8 Å². The zero-order valence-corrected chi connectivity index (χ0v) is 28.4. The number of phosphoric ester groups is 1. The summed E-state index contributed by atoms with van der Waals surface area (Å²) in [6, 6.07) is -1.01. The summed E-state index contributed by atoms with van der Waals surface area (Å²) in [6.45, 7) is 3.79. The molecule has 0 saturated carbocycles. The number of carbonyl (C=O) groups is 1. The lowest BCUT2D eigenvalue weighted by Gasteiger charge is -2.24. The summed E-state index contributed by atoms with van der Waals surface area (Å²) in [5, 5.41) is 23.7. The summed E-state index contributed by atoms with van der Waals surface area (Å²) in [5.74, 6) is -0.483. The average molecular weight is 643 g/mol. The number of allylic oxidation sites excluding steroid dienone is 7. The van der Waals surface area contributed by atoms with Crippen molar-refractivity contribution < 1.29 is 33.5 Å². The highest BCUT2D eigenvalue weighted by Crippen LogP contribution is 2.43. The third-order valence-electron chi connectivity index (χ3n) is 6.89. The molecule has 44 heavy (non-hydrogen) atoms. The second-order valence-electron chi connectivity index (χ2n) is 11.2. The summed E-state index contributed by atoms with van der Waals surface area (Å²) in [6.07, 6.45) is 30.7. The van der Waals surface area contributed by atoms with E-state index in [0.717, 1.165) is 51.4 Å². The largest absolute Gasteiger partial charge is 0.472 e. The highest BCUT2D eigenvalue weighted by molar-refractivity contribution is 7.47. The van der Waals surface area contributed by atoms with Crippen LogP contribution in [0.15, 0.2) is 48.6 Å². The molecule has 0 spiro atoms. The molecule has 0 bridgehead atoms. The second kappa shape index (κ2) is 30.1. The first-order chi connectivity index (χ1) is 21.3. The number of phosphoric acid groups is 1. The molecule has 0 fully saturated rings. The number of hydrogen-bond acceptors (Lipinski definition) is 7. The fourth-order valence-electron chi connectivity index (χ4n) is 4.33. The van der Waals surface area contributed by atoms with Gasteiger partial charge in [0.1, 0.15) is 0 Å². The first-order valence-electron chi connectivity index (χ1n) is 16.8. The highest BCUT2D eigenvalue weighted by Gasteiger charge is 2.27. The van der Waals surface area contributed by atoms with E-state index in [1.165, 1.54) is 44.6 Å². The van der Waals surface area contributed by atoms with Gasteiger partial charge in [-0.1, -0.05) is 101 Å². The molecule has 1 amide bonds. The lowest BCUT2D eigenvalue weighted by Crippen LogP contribution is -2.46. The molecular weight excluding hydrogens is 579 g/mol. The number of aliphatic hydroxyl groups excluding tert-OH is 2. The fraction of sp³-hybridized carbons (Fsp3) is 0.735. The van der Waals surface area contributed by atoms with Gasteiger partial charge in [-0.2, -0.15) is 0 Å². The smallest absolute Gasteiger partial charge is 0.393 e. The van der Waals surface area contributed by atoms with Crippen molar-refractivity contribution in [2.45, 2.75) is 141 Å². The summed E-state index contributed by atoms with van der Waals surface area (Å²) >= 11 is 0. The molecule has 0 aromatic carbocycles. The minimum atomic E-state index is -4.40. The van der Waals surface area contributed by atoms with E-state index in [1.54, 1.807) is 6.08 Å². The van der Waals surface area contributed by atoms with Crippen molar-refractivity contribution in [3.63, 3.8) is 0 Å². The fourth-order valence-corrected chi connectivity index (χ4v) is 5.09. The Morgan fingerprint density at radius 2 is 1.34 bits per heavy atom. The summed E-state index contributed by atoms with van der Waals surface area (Å²) < 4.78 is 21.9. The molecule has 0 rings (SSSR count). The lowest BCUT2D eigenvalue weighted by atomic mass is 10.1. The molecule has 0 aliphatic carbocycles. The third-order valence-corrected chi connectivity index (χ3v) is 7.87. The van der Waals surface area contributed by atoms with Crippen molar-refractivity contribution in [1.82, 2.24) is 5.32 Å². The molecule has 0 aromatic heterocycles. The SMILES string of the molecule is CCC/C=C/CC/C=C/CC/C=C/C(O)C(COP(=O)(O)OCCN)NC(=O)CC(O)CCC/C=C\CCCCCCCC. The Bertz CT molecular complexity index is 847. The van der Waals surface area contributed by atoms with Gasteiger partial charge in [0.25, 0.3) is 0 Å². The molecule has 0 saturated heterocycles. The Kier molecular flexibility index (Phi) is 29.0. The Morgan fingerprint density at radius 1 is 0.773 bits per heavy atom. The van der Waals surface area contributed by atoms with Crippen LogP contribution < -0.4 is 11.1 Å². The van der Waals surface area contributed by atoms with Crippen LogP contribution in [0.3, 0.4) is 0 Å². The molecular formula is C34H63N2O7P. The third kappa shape index (κ3) is 27.9. The molecule has 4 unspecified atom stereocenters. The normalized spacial score (nSPS) is 15.9. The number of rotatable bonds is 30. The van der Waals surface area contributed by atoms with Crippen LogP contribution in [0.1, 0.15) is 123 Å². The van der Waals surface area contributed by atoms with Gasteiger partial charge in [-0.05, 0) is 64.2 Å². The molecule has 0 aliphatic rings. The van der Waals surface area contributed by atoms with Crippen LogP contribution in [0.2, 0.25) is 0 Å². The number of aliphatic hydroxyl groups is 2. The zero-order valence-electron chi connectivity index (χ0n) is 27.5. The second-order valence-corrected chi connectivity index (χ2v) is 12.6. The number of amides is 1. The van der Waals surface area contributed by atoms with Gasteiger partial charge in [0.15, 0.2) is 0 Å². The van der Waals surface area contributed by atoms with Crippen molar-refractivity contribution in [1.29, 1.82) is 0 Å². The zero-order chi connectivity index (χ0) is 32.7. The van der Waals surface area contributed by atoms with Crippen LogP contribution in [-0.2, 0) is 18.4 Å². The maximum absolute atomic E-state index is 12.7. The molecule has 256 valence electrons. The minimum Gasteiger partial charge on any atom is -0.393 e. The Balaban J connectivity index is 4.65. The van der Waals surface area contributed by atoms with E-state index in [9.17, 15) is 24.5 Å². The standard InChI is InChI=1S/C34H63N2O7P/c1-3-5-7-9-11-13-15-17-19-21-23-25-31(37)29-34(39)36-32(30-43-44(40,41)42-28-27-35)33(38)26-24-22-20-18-16-14-12-10-8-6-4-2/h8,10,16-19,24,26,31-33,37-38H,3-7,9,11-15,20-23,25,27-30,35H2,1-2H3,(H,36,39)(H,40,41)/b10-8+,18-16+,19-17-,26-24+. The summed E-state index contributed by atoms with van der Waals surface area (Å²) in [7, 11) is -4.40. The quantitative estimate of drug-likeness (QED) is 0.0314. The van der Waals surface area contributed by atoms with Crippen LogP contribution in [0.4, 0.5) is 0 Å². The van der Waals surface area contributed by atoms with Gasteiger partial charge in [-0.15, -0.1) is 0 Å². The molecule has 4 atom stereocenters. The number of hydrogen-bond donors (Lipinski definition) is 5. The van der Waals surface area contributed by atoms with Gasteiger partial charge in [0.2, 0.25) is 5.91 Å². The Morgan fingerprint density at radius 3 is 1.98 bits per heavy atom. The van der Waals surface area contributed by atoms with Crippen LogP contribution in [0.25, 0.3) is 0 Å². The maximum atomic E-state index is 12.7. The first kappa shape index (κ1) is 42.4. The van der Waals surface area contributed by atoms with E-state index < -0.39 is 38.6 Å². The Labute approximate surface area is 267 Å². The van der Waals surface area contributed by atoms with Gasteiger partial charge in [-0.3, -0.25) is 13.8 Å². The molecule has 9 nitrogen and oxygen atoms in total. The van der Waals surface area contributed by atoms with Gasteiger partial charge >= 0.3 is 7.82 Å². The molecule has 0 heterocycles. The van der Waals surface area contributed by atoms with Crippen molar-refractivity contribution in [2.24, 2.45) is 5.73 Å². The lowest BCUT2D eigenvalue weighted by molar-refractivity contribution is -0.124. The predicted molar refractivity (Wildman–Crippen MR) is 181 cm³/mol. The molecule has 0 aliphatic heterocycles. The van der Waals surface area contributed by atoms with Crippen LogP contribution in [0, 0.1) is 0 Å². The van der Waals surface area contributed by atoms with Gasteiger partial charge in [0.05, 0.1) is 37.9 Å². The van der Waals surface area contributed by atoms with Crippen LogP contribution in [0.5, 0.6) is 0 Å². The summed E-state index contributed by atoms with van der Waals surface area (Å²) in [4.78, 5) is 22.5. The number of nitrogens with two attached hydrogens (primary N) is 1. The van der Waals surface area contributed by atoms with E-state index >= 15 is 0 Å². The van der Waals surface area contributed by atoms with E-state index in [4.69, 9.17) is 14.8 Å². The maximum Gasteiger partial charge on any atom is 0.472 e. The minimum absolute atomic E-state index is 0.0379. The van der Waals surface area contributed by atoms with E-state index in [1.807, 2.05) is 0 Å². The number of unbranched alkanes of at least 4 members (excludes halogenated alkanes) is 10. The topological polar surface area (TPSA) is 151 Å². The van der Waals surface area contributed by atoms with E-state index in [0.29, 0.717) is 12.8 Å². The van der Waals surface area contributed by atoms with E-state index in [-0.39, 0.29) is 19.6 Å². The Hall–Kier alpha value is -1.58. The van der Waals surface area contributed by atoms with Crippen molar-refractivity contribution in [3.05, 3.63) is 48.6 Å². The number of nitrogens with one attached hydrogen (secondary N) is 1. The van der Waals surface area contributed by atoms with Crippen molar-refractivity contribution >= 4 is 13.7 Å². The monoisotopic (exact) mass is 642 g/mol. The number of carbonyl (C=O) groups excluding carboxylic acids is 1. The molecule has 0 radical (unpaired) electrons. The van der Waals surface area contributed by atoms with Crippen molar-refractivity contribution in [3.8, 4) is 0 Å². The summed E-state index contributed by atoms with van der Waals surface area (Å²) in [5.41, 5.74) is 5.32. The van der Waals surface area contributed by atoms with Crippen LogP contribution in [-0.4, -0.2) is 59.0 Å². The van der Waals surface area contributed by atoms with Crippen LogP contribution >= 0.6 is 7.82 Å². The molecule has 0 aromatic rings. The van der Waals surface area contributed by atoms with Gasteiger partial charge < -0.3 is 26.2 Å². The van der Waals surface area contributed by atoms with Gasteiger partial charge in [-0.25, -0.2) is 4.57 Å². The molecule has 10 heteroatoms. The highest BCUT2D eigenvalue weighted by atomic mass is 31.2. The van der Waals surface area contributed by atoms with Gasteiger partial charge in [0, 0.05) is 6.54 Å². The predicted octanol–water partition coefficient (Wildman–Crippen LogP) is 7.18. The van der Waals surface area contributed by atoms with E-state index in [2.05, 4.69) is 55.6 Å². The average Bonchev–Trinajstić information content (AvgIpc) is 2.99.